The lowest BCUT2D eigenvalue weighted by Gasteiger charge is -2.15. The molecule has 0 rings (SSSR count). The first-order valence-electron chi connectivity index (χ1n) is 5.59. The molecule has 88 valence electrons. The molecule has 15 heavy (non-hydrogen) atoms. The van der Waals surface area contributed by atoms with Crippen molar-refractivity contribution in [2.24, 2.45) is 0 Å². The molecule has 2 nitrogen and oxygen atoms in total. The number of hydrogen-bond donors (Lipinski definition) is 0. The van der Waals surface area contributed by atoms with Crippen molar-refractivity contribution in [2.75, 3.05) is 6.61 Å². The summed E-state index contributed by atoms with van der Waals surface area (Å²) >= 11 is 1.27. The van der Waals surface area contributed by atoms with Crippen molar-refractivity contribution in [2.45, 2.75) is 51.9 Å². The fourth-order valence-electron chi connectivity index (χ4n) is 1.14. The van der Waals surface area contributed by atoms with Gasteiger partial charge in [0.25, 0.3) is 0 Å². The molecule has 0 aromatic heterocycles. The standard InChI is InChI=1S/C12H22O2S/c1-5-7-8-9-11(14-6-2)15-12(13)10(3)4/h11H,3,5-9H2,1-2,4H3. The van der Waals surface area contributed by atoms with Crippen LogP contribution in [0, 0.1) is 0 Å². The van der Waals surface area contributed by atoms with Crippen LogP contribution in [0.4, 0.5) is 0 Å². The SMILES string of the molecule is C=C(C)C(=O)SC(CCCCC)OCC. The fourth-order valence-corrected chi connectivity index (χ4v) is 2.07. The lowest BCUT2D eigenvalue weighted by atomic mass is 10.2. The van der Waals surface area contributed by atoms with Crippen molar-refractivity contribution >= 4 is 16.9 Å². The normalized spacial score (nSPS) is 12.5. The molecule has 0 aliphatic heterocycles. The van der Waals surface area contributed by atoms with Gasteiger partial charge in [0.2, 0.25) is 5.12 Å². The second-order valence-corrected chi connectivity index (χ2v) is 4.70. The van der Waals surface area contributed by atoms with Gasteiger partial charge in [-0.1, -0.05) is 38.1 Å². The molecular formula is C12H22O2S. The first kappa shape index (κ1) is 14.7. The largest absolute Gasteiger partial charge is 0.367 e. The van der Waals surface area contributed by atoms with Crippen LogP contribution in [0.15, 0.2) is 12.2 Å². The molecule has 3 heteroatoms. The van der Waals surface area contributed by atoms with Crippen LogP contribution in [0.25, 0.3) is 0 Å². The Morgan fingerprint density at radius 1 is 1.40 bits per heavy atom. The molecule has 0 bridgehead atoms. The van der Waals surface area contributed by atoms with Gasteiger partial charge in [0.05, 0.1) is 0 Å². The van der Waals surface area contributed by atoms with Crippen molar-refractivity contribution in [3.63, 3.8) is 0 Å². The molecular weight excluding hydrogens is 208 g/mol. The summed E-state index contributed by atoms with van der Waals surface area (Å²) in [6.45, 7) is 10.2. The van der Waals surface area contributed by atoms with E-state index in [1.54, 1.807) is 6.92 Å². The van der Waals surface area contributed by atoms with E-state index in [1.807, 2.05) is 6.92 Å². The fraction of sp³-hybridized carbons (Fsp3) is 0.750. The smallest absolute Gasteiger partial charge is 0.216 e. The van der Waals surface area contributed by atoms with E-state index >= 15 is 0 Å². The predicted octanol–water partition coefficient (Wildman–Crippen LogP) is 3.77. The number of ether oxygens (including phenoxy) is 1. The van der Waals surface area contributed by atoms with Crippen molar-refractivity contribution in [3.8, 4) is 0 Å². The first-order valence-corrected chi connectivity index (χ1v) is 6.47. The van der Waals surface area contributed by atoms with E-state index in [0.29, 0.717) is 12.2 Å². The Morgan fingerprint density at radius 3 is 2.53 bits per heavy atom. The van der Waals surface area contributed by atoms with E-state index in [2.05, 4.69) is 13.5 Å². The molecule has 0 aliphatic rings. The molecule has 1 unspecified atom stereocenters. The van der Waals surface area contributed by atoms with Crippen molar-refractivity contribution in [1.29, 1.82) is 0 Å². The summed E-state index contributed by atoms with van der Waals surface area (Å²) in [7, 11) is 0. The first-order chi connectivity index (χ1) is 7.11. The average molecular weight is 230 g/mol. The maximum atomic E-state index is 11.4. The number of carbonyl (C=O) groups is 1. The van der Waals surface area contributed by atoms with Gasteiger partial charge in [-0.3, -0.25) is 4.79 Å². The Balaban J connectivity index is 3.91. The highest BCUT2D eigenvalue weighted by Gasteiger charge is 2.14. The molecule has 1 atom stereocenters. The summed E-state index contributed by atoms with van der Waals surface area (Å²) < 4.78 is 5.51. The van der Waals surface area contributed by atoms with Gasteiger partial charge in [-0.2, -0.15) is 0 Å². The van der Waals surface area contributed by atoms with Gasteiger partial charge in [-0.15, -0.1) is 0 Å². The molecule has 0 N–H and O–H groups in total. The maximum absolute atomic E-state index is 11.4. The van der Waals surface area contributed by atoms with Crippen LogP contribution >= 0.6 is 11.8 Å². The predicted molar refractivity (Wildman–Crippen MR) is 67.0 cm³/mol. The lowest BCUT2D eigenvalue weighted by Crippen LogP contribution is -2.12. The molecule has 0 radical (unpaired) electrons. The monoisotopic (exact) mass is 230 g/mol. The van der Waals surface area contributed by atoms with Gasteiger partial charge in [0.1, 0.15) is 5.44 Å². The Bertz CT molecular complexity index is 202. The summed E-state index contributed by atoms with van der Waals surface area (Å²) in [5.41, 5.74) is 0.603. The van der Waals surface area contributed by atoms with E-state index in [4.69, 9.17) is 4.74 Å². The number of unbranched alkanes of at least 4 members (excludes halogenated alkanes) is 2. The summed E-state index contributed by atoms with van der Waals surface area (Å²) in [4.78, 5) is 11.4. The van der Waals surface area contributed by atoms with Gasteiger partial charge < -0.3 is 4.74 Å². The number of thioether (sulfide) groups is 1. The van der Waals surface area contributed by atoms with Crippen LogP contribution in [0.2, 0.25) is 0 Å². The zero-order valence-electron chi connectivity index (χ0n) is 10.0. The summed E-state index contributed by atoms with van der Waals surface area (Å²) in [6, 6.07) is 0. The minimum atomic E-state index is 0.00532. The van der Waals surface area contributed by atoms with Gasteiger partial charge >= 0.3 is 0 Å². The zero-order chi connectivity index (χ0) is 11.7. The molecule has 0 spiro atoms. The molecule has 0 saturated heterocycles. The molecule has 0 heterocycles. The Kier molecular flexibility index (Phi) is 8.82. The Morgan fingerprint density at radius 2 is 2.07 bits per heavy atom. The molecule has 0 aromatic carbocycles. The molecule has 0 aliphatic carbocycles. The third-order valence-corrected chi connectivity index (χ3v) is 3.18. The van der Waals surface area contributed by atoms with Crippen LogP contribution in [0.1, 0.15) is 46.5 Å². The average Bonchev–Trinajstić information content (AvgIpc) is 2.18. The van der Waals surface area contributed by atoms with Gasteiger partial charge in [-0.05, 0) is 32.3 Å². The number of hydrogen-bond acceptors (Lipinski definition) is 3. The van der Waals surface area contributed by atoms with Crippen molar-refractivity contribution in [3.05, 3.63) is 12.2 Å². The zero-order valence-corrected chi connectivity index (χ0v) is 10.9. The van der Waals surface area contributed by atoms with Gasteiger partial charge in [0.15, 0.2) is 0 Å². The topological polar surface area (TPSA) is 26.3 Å². The van der Waals surface area contributed by atoms with Gasteiger partial charge in [0, 0.05) is 6.61 Å². The van der Waals surface area contributed by atoms with Crippen LogP contribution in [-0.2, 0) is 9.53 Å². The van der Waals surface area contributed by atoms with Crippen LogP contribution in [0.5, 0.6) is 0 Å². The second kappa shape index (κ2) is 8.98. The summed E-state index contributed by atoms with van der Waals surface area (Å²) in [5, 5.41) is 0.0462. The number of carbonyl (C=O) groups excluding carboxylic acids is 1. The van der Waals surface area contributed by atoms with Crippen LogP contribution < -0.4 is 0 Å². The molecule has 0 aromatic rings. The highest BCUT2D eigenvalue weighted by atomic mass is 32.2. The van der Waals surface area contributed by atoms with Crippen LogP contribution in [0.3, 0.4) is 0 Å². The highest BCUT2D eigenvalue weighted by Crippen LogP contribution is 2.22. The maximum Gasteiger partial charge on any atom is 0.216 e. The van der Waals surface area contributed by atoms with Crippen molar-refractivity contribution < 1.29 is 9.53 Å². The third-order valence-electron chi connectivity index (χ3n) is 1.98. The highest BCUT2D eigenvalue weighted by molar-refractivity contribution is 8.14. The van der Waals surface area contributed by atoms with Crippen molar-refractivity contribution in [1.82, 2.24) is 0 Å². The Labute approximate surface area is 97.5 Å². The molecule has 0 saturated carbocycles. The minimum absolute atomic E-state index is 0.00532. The van der Waals surface area contributed by atoms with Gasteiger partial charge in [-0.25, -0.2) is 0 Å². The minimum Gasteiger partial charge on any atom is -0.367 e. The van der Waals surface area contributed by atoms with E-state index in [9.17, 15) is 4.79 Å². The summed E-state index contributed by atoms with van der Waals surface area (Å²) in [6.07, 6.45) is 4.46. The Hall–Kier alpha value is -0.280. The lowest BCUT2D eigenvalue weighted by molar-refractivity contribution is -0.108. The quantitative estimate of drug-likeness (QED) is 0.361. The van der Waals surface area contributed by atoms with E-state index in [1.165, 1.54) is 24.6 Å². The van der Waals surface area contributed by atoms with E-state index in [-0.39, 0.29) is 10.6 Å². The summed E-state index contributed by atoms with van der Waals surface area (Å²) in [5.74, 6) is 0. The third kappa shape index (κ3) is 7.63. The molecule has 0 amide bonds. The van der Waals surface area contributed by atoms with E-state index < -0.39 is 0 Å². The van der Waals surface area contributed by atoms with E-state index in [0.717, 1.165) is 12.8 Å². The number of rotatable bonds is 8. The molecule has 0 fully saturated rings. The van der Waals surface area contributed by atoms with Crippen LogP contribution in [-0.4, -0.2) is 17.2 Å². The second-order valence-electron chi connectivity index (χ2n) is 3.57.